The van der Waals surface area contributed by atoms with Crippen molar-refractivity contribution in [2.24, 2.45) is 0 Å². The highest BCUT2D eigenvalue weighted by Gasteiger charge is 2.10. The van der Waals surface area contributed by atoms with E-state index >= 15 is 0 Å². The molecule has 1 unspecified atom stereocenters. The molecule has 0 aliphatic rings. The van der Waals surface area contributed by atoms with Crippen molar-refractivity contribution in [3.05, 3.63) is 11.8 Å². The number of aldehydes is 1. The van der Waals surface area contributed by atoms with Crippen LogP contribution in [-0.4, -0.2) is 18.6 Å². The van der Waals surface area contributed by atoms with Gasteiger partial charge in [-0.25, -0.2) is 0 Å². The molecule has 4 nitrogen and oxygen atoms in total. The van der Waals surface area contributed by atoms with Crippen LogP contribution < -0.4 is 4.74 Å². The second-order valence-electron chi connectivity index (χ2n) is 2.20. The van der Waals surface area contributed by atoms with E-state index in [1.54, 1.807) is 13.0 Å². The molecule has 0 radical (unpaired) electrons. The quantitative estimate of drug-likeness (QED) is 0.610. The third-order valence-corrected chi connectivity index (χ3v) is 1.37. The molecule has 0 saturated heterocycles. The number of hydrogen-bond donors (Lipinski definition) is 0. The fraction of sp³-hybridized carbons (Fsp3) is 0.429. The van der Waals surface area contributed by atoms with Gasteiger partial charge in [0.25, 0.3) is 5.88 Å². The van der Waals surface area contributed by atoms with E-state index in [0.29, 0.717) is 11.6 Å². The van der Waals surface area contributed by atoms with Crippen LogP contribution in [0, 0.1) is 0 Å². The van der Waals surface area contributed by atoms with Crippen molar-refractivity contribution in [1.82, 2.24) is 5.16 Å². The van der Waals surface area contributed by atoms with Gasteiger partial charge in [0.15, 0.2) is 5.76 Å². The highest BCUT2D eigenvalue weighted by molar-refractivity contribution is 5.59. The molecule has 0 fully saturated rings. The Hall–Kier alpha value is -1.32. The van der Waals surface area contributed by atoms with Crippen molar-refractivity contribution in [2.75, 3.05) is 7.11 Å². The first-order valence-electron chi connectivity index (χ1n) is 3.24. The number of rotatable bonds is 3. The Balaban J connectivity index is 2.79. The Bertz CT molecular complexity index is 244. The fourth-order valence-electron chi connectivity index (χ4n) is 0.650. The van der Waals surface area contributed by atoms with E-state index in [1.807, 2.05) is 0 Å². The summed E-state index contributed by atoms with van der Waals surface area (Å²) < 4.78 is 9.57. The largest absolute Gasteiger partial charge is 0.479 e. The van der Waals surface area contributed by atoms with E-state index in [-0.39, 0.29) is 5.92 Å². The molecule has 1 rings (SSSR count). The molecule has 1 aromatic rings. The minimum atomic E-state index is -0.258. The number of carbonyl (C=O) groups excluding carboxylic acids is 1. The zero-order valence-electron chi connectivity index (χ0n) is 6.40. The van der Waals surface area contributed by atoms with Crippen molar-refractivity contribution in [3.63, 3.8) is 0 Å². The second kappa shape index (κ2) is 3.18. The van der Waals surface area contributed by atoms with Gasteiger partial charge in [-0.3, -0.25) is 0 Å². The first kappa shape index (κ1) is 7.78. The van der Waals surface area contributed by atoms with E-state index in [2.05, 4.69) is 5.16 Å². The Morgan fingerprint density at radius 3 is 3.00 bits per heavy atom. The zero-order valence-corrected chi connectivity index (χ0v) is 6.40. The van der Waals surface area contributed by atoms with Crippen LogP contribution in [0.1, 0.15) is 18.6 Å². The van der Waals surface area contributed by atoms with Gasteiger partial charge in [-0.05, 0) is 12.1 Å². The van der Waals surface area contributed by atoms with Gasteiger partial charge in [0, 0.05) is 6.07 Å². The maximum Gasteiger partial charge on any atom is 0.254 e. The van der Waals surface area contributed by atoms with Crippen LogP contribution in [0.5, 0.6) is 5.88 Å². The highest BCUT2D eigenvalue weighted by Crippen LogP contribution is 2.17. The Labute approximate surface area is 64.1 Å². The normalized spacial score (nSPS) is 12.5. The predicted molar refractivity (Wildman–Crippen MR) is 37.5 cm³/mol. The lowest BCUT2D eigenvalue weighted by atomic mass is 10.1. The molecule has 0 spiro atoms. The Kier molecular flexibility index (Phi) is 2.25. The molecule has 1 atom stereocenters. The average Bonchev–Trinajstić information content (AvgIpc) is 2.50. The maximum atomic E-state index is 10.3. The molecule has 0 N–H and O–H groups in total. The van der Waals surface area contributed by atoms with Crippen LogP contribution in [0.2, 0.25) is 0 Å². The smallest absolute Gasteiger partial charge is 0.254 e. The van der Waals surface area contributed by atoms with Crippen LogP contribution in [0.3, 0.4) is 0 Å². The van der Waals surface area contributed by atoms with Crippen LogP contribution >= 0.6 is 0 Å². The highest BCUT2D eigenvalue weighted by atomic mass is 16.5. The molecule has 0 bridgehead atoms. The lowest BCUT2D eigenvalue weighted by molar-refractivity contribution is -0.109. The van der Waals surface area contributed by atoms with E-state index < -0.39 is 0 Å². The molecule has 0 aliphatic heterocycles. The van der Waals surface area contributed by atoms with Gasteiger partial charge in [-0.1, -0.05) is 0 Å². The fourth-order valence-corrected chi connectivity index (χ4v) is 0.650. The number of ether oxygens (including phenoxy) is 1. The zero-order chi connectivity index (χ0) is 8.27. The van der Waals surface area contributed by atoms with Crippen molar-refractivity contribution in [3.8, 4) is 5.88 Å². The number of nitrogens with zero attached hydrogens (tertiary/aromatic N) is 1. The molecule has 0 aliphatic carbocycles. The Morgan fingerprint density at radius 2 is 2.55 bits per heavy atom. The van der Waals surface area contributed by atoms with Gasteiger partial charge < -0.3 is 14.1 Å². The maximum absolute atomic E-state index is 10.3. The summed E-state index contributed by atoms with van der Waals surface area (Å²) in [6.07, 6.45) is 0.792. The van der Waals surface area contributed by atoms with Gasteiger partial charge >= 0.3 is 0 Å². The van der Waals surface area contributed by atoms with Crippen molar-refractivity contribution in [2.45, 2.75) is 12.8 Å². The predicted octanol–water partition coefficient (Wildman–Crippen LogP) is 0.986. The first-order valence-corrected chi connectivity index (χ1v) is 3.24. The molecule has 1 heterocycles. The molecular weight excluding hydrogens is 146 g/mol. The van der Waals surface area contributed by atoms with Gasteiger partial charge in [-0.15, -0.1) is 0 Å². The van der Waals surface area contributed by atoms with Crippen molar-refractivity contribution in [1.29, 1.82) is 0 Å². The summed E-state index contributed by atoms with van der Waals surface area (Å²) in [5.74, 6) is 0.664. The summed E-state index contributed by atoms with van der Waals surface area (Å²) in [6, 6.07) is 1.60. The lowest BCUT2D eigenvalue weighted by Gasteiger charge is -1.91. The summed E-state index contributed by atoms with van der Waals surface area (Å²) in [5.41, 5.74) is 0. The molecule has 11 heavy (non-hydrogen) atoms. The van der Waals surface area contributed by atoms with Crippen LogP contribution in [0.25, 0.3) is 0 Å². The summed E-state index contributed by atoms with van der Waals surface area (Å²) in [5, 5.41) is 3.55. The topological polar surface area (TPSA) is 52.3 Å². The molecule has 1 aromatic heterocycles. The molecule has 0 saturated carbocycles. The lowest BCUT2D eigenvalue weighted by Crippen LogP contribution is -1.90. The SMILES string of the molecule is COc1cc(C(C)C=O)on1. The number of methoxy groups -OCH3 is 1. The molecule has 60 valence electrons. The Morgan fingerprint density at radius 1 is 1.82 bits per heavy atom. The first-order chi connectivity index (χ1) is 5.27. The third-order valence-electron chi connectivity index (χ3n) is 1.37. The van der Waals surface area contributed by atoms with E-state index in [9.17, 15) is 4.79 Å². The third kappa shape index (κ3) is 1.58. The van der Waals surface area contributed by atoms with Crippen LogP contribution in [-0.2, 0) is 4.79 Å². The minimum absolute atomic E-state index is 0.258. The second-order valence-corrected chi connectivity index (χ2v) is 2.20. The van der Waals surface area contributed by atoms with Gasteiger partial charge in [-0.2, -0.15) is 0 Å². The summed E-state index contributed by atoms with van der Waals surface area (Å²) in [7, 11) is 1.49. The summed E-state index contributed by atoms with van der Waals surface area (Å²) >= 11 is 0. The molecule has 0 aromatic carbocycles. The minimum Gasteiger partial charge on any atom is -0.479 e. The monoisotopic (exact) mass is 155 g/mol. The molecule has 0 amide bonds. The van der Waals surface area contributed by atoms with E-state index in [1.165, 1.54) is 7.11 Å². The molecule has 4 heteroatoms. The average molecular weight is 155 g/mol. The molecular formula is C7H9NO3. The van der Waals surface area contributed by atoms with Crippen molar-refractivity contribution < 1.29 is 14.1 Å². The van der Waals surface area contributed by atoms with Crippen LogP contribution in [0.15, 0.2) is 10.6 Å². The van der Waals surface area contributed by atoms with Gasteiger partial charge in [0.05, 0.1) is 13.0 Å². The van der Waals surface area contributed by atoms with Gasteiger partial charge in [0.1, 0.15) is 6.29 Å². The van der Waals surface area contributed by atoms with E-state index in [0.717, 1.165) is 6.29 Å². The number of aromatic nitrogens is 1. The van der Waals surface area contributed by atoms with Gasteiger partial charge in [0.2, 0.25) is 0 Å². The standard InChI is InChI=1S/C7H9NO3/c1-5(4-9)6-3-7(10-2)8-11-6/h3-5H,1-2H3. The summed E-state index contributed by atoms with van der Waals surface area (Å²) in [4.78, 5) is 10.3. The summed E-state index contributed by atoms with van der Waals surface area (Å²) in [6.45, 7) is 1.73. The van der Waals surface area contributed by atoms with E-state index in [4.69, 9.17) is 9.26 Å². The van der Waals surface area contributed by atoms with Crippen LogP contribution in [0.4, 0.5) is 0 Å². The number of hydrogen-bond acceptors (Lipinski definition) is 4. The number of carbonyl (C=O) groups is 1. The van der Waals surface area contributed by atoms with Crippen molar-refractivity contribution >= 4 is 6.29 Å².